The quantitative estimate of drug-likeness (QED) is 0.521. The van der Waals surface area contributed by atoms with Crippen molar-refractivity contribution in [3.05, 3.63) is 88.4 Å². The van der Waals surface area contributed by atoms with Crippen molar-refractivity contribution in [2.75, 3.05) is 22.3 Å². The van der Waals surface area contributed by atoms with Crippen molar-refractivity contribution >= 4 is 38.9 Å². The van der Waals surface area contributed by atoms with E-state index in [1.54, 1.807) is 47.4 Å². The Balaban J connectivity index is 1.76. The predicted octanol–water partition coefficient (Wildman–Crippen LogP) is 5.13. The molecule has 3 aromatic carbocycles. The zero-order chi connectivity index (χ0) is 22.9. The molecular formula is C25H25ClN2O3S. The molecule has 3 aromatic rings. The number of carbonyl (C=O) groups is 1. The van der Waals surface area contributed by atoms with Gasteiger partial charge in [0.2, 0.25) is 5.91 Å². The van der Waals surface area contributed by atoms with Gasteiger partial charge in [-0.1, -0.05) is 53.6 Å². The van der Waals surface area contributed by atoms with Gasteiger partial charge in [-0.25, -0.2) is 8.42 Å². The van der Waals surface area contributed by atoms with Gasteiger partial charge in [0.15, 0.2) is 0 Å². The highest BCUT2D eigenvalue weighted by Crippen LogP contribution is 2.31. The number of sulfonamides is 1. The minimum atomic E-state index is -3.99. The first-order chi connectivity index (χ1) is 15.3. The molecule has 0 atom stereocenters. The number of carbonyl (C=O) groups excluding carboxylic acids is 1. The number of halogens is 1. The van der Waals surface area contributed by atoms with Gasteiger partial charge in [-0.2, -0.15) is 0 Å². The first-order valence-corrected chi connectivity index (χ1v) is 12.3. The first kappa shape index (κ1) is 22.4. The van der Waals surface area contributed by atoms with Crippen molar-refractivity contribution in [2.24, 2.45) is 0 Å². The Morgan fingerprint density at radius 2 is 1.75 bits per heavy atom. The van der Waals surface area contributed by atoms with Gasteiger partial charge < -0.3 is 4.90 Å². The average Bonchev–Trinajstić information content (AvgIpc) is 2.79. The van der Waals surface area contributed by atoms with E-state index in [4.69, 9.17) is 11.6 Å². The van der Waals surface area contributed by atoms with E-state index in [9.17, 15) is 13.2 Å². The summed E-state index contributed by atoms with van der Waals surface area (Å²) in [5.41, 5.74) is 4.02. The second-order valence-electron chi connectivity index (χ2n) is 8.03. The van der Waals surface area contributed by atoms with Crippen molar-refractivity contribution in [2.45, 2.75) is 31.6 Å². The van der Waals surface area contributed by atoms with Crippen LogP contribution in [0.5, 0.6) is 0 Å². The molecule has 0 aliphatic carbocycles. The Hall–Kier alpha value is -2.83. The maximum Gasteiger partial charge on any atom is 0.264 e. The molecule has 0 saturated carbocycles. The number of fused-ring (bicyclic) bond motifs is 1. The topological polar surface area (TPSA) is 57.7 Å². The fraction of sp³-hybridized carbons (Fsp3) is 0.240. The van der Waals surface area contributed by atoms with E-state index in [2.05, 4.69) is 0 Å². The molecule has 1 amide bonds. The number of amides is 1. The number of hydrogen-bond donors (Lipinski definition) is 0. The molecule has 32 heavy (non-hydrogen) atoms. The summed E-state index contributed by atoms with van der Waals surface area (Å²) in [6.45, 7) is 3.95. The van der Waals surface area contributed by atoms with E-state index >= 15 is 0 Å². The number of rotatable bonds is 5. The molecule has 1 heterocycles. The van der Waals surface area contributed by atoms with Crippen LogP contribution >= 0.6 is 11.6 Å². The maximum absolute atomic E-state index is 13.7. The van der Waals surface area contributed by atoms with Gasteiger partial charge in [0, 0.05) is 17.3 Å². The Morgan fingerprint density at radius 1 is 1.03 bits per heavy atom. The largest absolute Gasteiger partial charge is 0.311 e. The van der Waals surface area contributed by atoms with Crippen LogP contribution in [0.15, 0.2) is 71.6 Å². The highest BCUT2D eigenvalue weighted by Gasteiger charge is 2.31. The van der Waals surface area contributed by atoms with Gasteiger partial charge in [0.05, 0.1) is 10.6 Å². The van der Waals surface area contributed by atoms with E-state index in [1.807, 2.05) is 38.1 Å². The number of benzene rings is 3. The second-order valence-corrected chi connectivity index (χ2v) is 10.3. The molecule has 7 heteroatoms. The van der Waals surface area contributed by atoms with Gasteiger partial charge >= 0.3 is 0 Å². The predicted molar refractivity (Wildman–Crippen MR) is 129 cm³/mol. The summed E-state index contributed by atoms with van der Waals surface area (Å²) in [6, 6.07) is 19.5. The number of aryl methyl sites for hydroxylation is 3. The van der Waals surface area contributed by atoms with E-state index < -0.39 is 10.0 Å². The molecule has 4 rings (SSSR count). The fourth-order valence-corrected chi connectivity index (χ4v) is 5.63. The van der Waals surface area contributed by atoms with Gasteiger partial charge in [-0.15, -0.1) is 0 Å². The van der Waals surface area contributed by atoms with E-state index in [0.717, 1.165) is 35.2 Å². The Morgan fingerprint density at radius 3 is 2.50 bits per heavy atom. The second kappa shape index (κ2) is 8.96. The molecule has 1 aliphatic rings. The Bertz CT molecular complexity index is 1260. The molecule has 0 fully saturated rings. The maximum atomic E-state index is 13.7. The van der Waals surface area contributed by atoms with Crippen LogP contribution in [0.2, 0.25) is 5.02 Å². The lowest BCUT2D eigenvalue weighted by Gasteiger charge is -2.32. The third-order valence-electron chi connectivity index (χ3n) is 5.74. The summed E-state index contributed by atoms with van der Waals surface area (Å²) in [7, 11) is -3.99. The van der Waals surface area contributed by atoms with E-state index in [0.29, 0.717) is 17.3 Å². The zero-order valence-electron chi connectivity index (χ0n) is 18.1. The van der Waals surface area contributed by atoms with Crippen molar-refractivity contribution in [3.8, 4) is 0 Å². The lowest BCUT2D eigenvalue weighted by atomic mass is 10.0. The third-order valence-corrected chi connectivity index (χ3v) is 7.75. The zero-order valence-corrected chi connectivity index (χ0v) is 19.7. The van der Waals surface area contributed by atoms with Gasteiger partial charge in [0.25, 0.3) is 10.0 Å². The van der Waals surface area contributed by atoms with Crippen molar-refractivity contribution in [3.63, 3.8) is 0 Å². The van der Waals surface area contributed by atoms with Crippen LogP contribution in [-0.4, -0.2) is 27.4 Å². The molecule has 0 radical (unpaired) electrons. The number of para-hydroxylation sites is 1. The molecule has 0 saturated heterocycles. The van der Waals surface area contributed by atoms with Crippen LogP contribution in [0.1, 0.15) is 23.1 Å². The normalized spacial score (nSPS) is 13.5. The molecule has 0 bridgehead atoms. The van der Waals surface area contributed by atoms with Gasteiger partial charge in [-0.05, 0) is 68.1 Å². The average molecular weight is 469 g/mol. The summed E-state index contributed by atoms with van der Waals surface area (Å²) < 4.78 is 28.5. The van der Waals surface area contributed by atoms with E-state index in [1.165, 1.54) is 4.31 Å². The summed E-state index contributed by atoms with van der Waals surface area (Å²) in [5, 5.41) is 0.408. The summed E-state index contributed by atoms with van der Waals surface area (Å²) in [4.78, 5) is 15.3. The summed E-state index contributed by atoms with van der Waals surface area (Å²) in [5.74, 6) is -0.271. The highest BCUT2D eigenvalue weighted by molar-refractivity contribution is 7.92. The van der Waals surface area contributed by atoms with Gasteiger partial charge in [0.1, 0.15) is 6.54 Å². The minimum absolute atomic E-state index is 0.134. The van der Waals surface area contributed by atoms with Crippen LogP contribution in [-0.2, 0) is 21.2 Å². The molecule has 0 unspecified atom stereocenters. The van der Waals surface area contributed by atoms with Crippen LogP contribution < -0.4 is 9.21 Å². The number of anilines is 2. The van der Waals surface area contributed by atoms with E-state index in [-0.39, 0.29) is 17.3 Å². The number of nitrogens with zero attached hydrogens (tertiary/aromatic N) is 2. The molecule has 166 valence electrons. The Kier molecular flexibility index (Phi) is 6.26. The highest BCUT2D eigenvalue weighted by atomic mass is 35.5. The fourth-order valence-electron chi connectivity index (χ4n) is 3.99. The van der Waals surface area contributed by atoms with Crippen molar-refractivity contribution in [1.29, 1.82) is 0 Å². The van der Waals surface area contributed by atoms with Crippen LogP contribution in [0, 0.1) is 13.8 Å². The SMILES string of the molecule is Cc1ccc(S(=O)(=O)N(CC(=O)N2CCCc3ccccc32)c2cc(Cl)ccc2C)cc1. The van der Waals surface area contributed by atoms with Crippen molar-refractivity contribution in [1.82, 2.24) is 0 Å². The smallest absolute Gasteiger partial charge is 0.264 e. The molecule has 0 aromatic heterocycles. The van der Waals surface area contributed by atoms with Crippen molar-refractivity contribution < 1.29 is 13.2 Å². The van der Waals surface area contributed by atoms with Crippen LogP contribution in [0.3, 0.4) is 0 Å². The van der Waals surface area contributed by atoms with Crippen LogP contribution in [0.25, 0.3) is 0 Å². The summed E-state index contributed by atoms with van der Waals surface area (Å²) >= 11 is 6.21. The molecular weight excluding hydrogens is 444 g/mol. The minimum Gasteiger partial charge on any atom is -0.311 e. The lowest BCUT2D eigenvalue weighted by Crippen LogP contribution is -2.45. The standard InChI is InChI=1S/C25H25ClN2O3S/c1-18-9-13-22(14-10-18)32(30,31)28(24-16-21(26)12-11-19(24)2)17-25(29)27-15-5-7-20-6-3-4-8-23(20)27/h3-4,6,8-14,16H,5,7,15,17H2,1-2H3. The molecule has 0 spiro atoms. The molecule has 5 nitrogen and oxygen atoms in total. The summed E-state index contributed by atoms with van der Waals surface area (Å²) in [6.07, 6.45) is 1.74. The van der Waals surface area contributed by atoms with Gasteiger partial charge in [-0.3, -0.25) is 9.10 Å². The lowest BCUT2D eigenvalue weighted by molar-refractivity contribution is -0.117. The third kappa shape index (κ3) is 4.38. The molecule has 1 aliphatic heterocycles. The molecule has 0 N–H and O–H groups in total. The first-order valence-electron chi connectivity index (χ1n) is 10.5. The van der Waals surface area contributed by atoms with Crippen LogP contribution in [0.4, 0.5) is 11.4 Å². The monoisotopic (exact) mass is 468 g/mol. The number of hydrogen-bond acceptors (Lipinski definition) is 3. The Labute approximate surface area is 194 Å².